The molecule has 1 aliphatic carbocycles. The number of thiocarbonyl (C=S) groups is 1. The van der Waals surface area contributed by atoms with Crippen LogP contribution in [0.4, 0.5) is 0 Å². The summed E-state index contributed by atoms with van der Waals surface area (Å²) in [5.41, 5.74) is 7.60. The lowest BCUT2D eigenvalue weighted by Crippen LogP contribution is -2.52. The second kappa shape index (κ2) is 6.16. The fourth-order valence-corrected chi connectivity index (χ4v) is 3.43. The molecule has 5 heteroatoms. The summed E-state index contributed by atoms with van der Waals surface area (Å²) in [5.74, 6) is 0. The van der Waals surface area contributed by atoms with Gasteiger partial charge in [0.15, 0.2) is 0 Å². The molecule has 3 rings (SSSR count). The van der Waals surface area contributed by atoms with Gasteiger partial charge in [-0.2, -0.15) is 0 Å². The van der Waals surface area contributed by atoms with Crippen molar-refractivity contribution in [2.24, 2.45) is 5.73 Å². The van der Waals surface area contributed by atoms with Crippen molar-refractivity contribution < 1.29 is 4.74 Å². The predicted molar refractivity (Wildman–Crippen MR) is 82.5 cm³/mol. The number of nitrogens with zero attached hydrogens (tertiary/aromatic N) is 2. The molecule has 2 N–H and O–H groups in total. The molecule has 4 nitrogen and oxygen atoms in total. The Balaban J connectivity index is 1.72. The Morgan fingerprint density at radius 1 is 1.45 bits per heavy atom. The minimum absolute atomic E-state index is 0.365. The highest BCUT2D eigenvalue weighted by molar-refractivity contribution is 7.80. The first-order valence-electron chi connectivity index (χ1n) is 7.34. The molecule has 1 saturated heterocycles. The second-order valence-electron chi connectivity index (χ2n) is 5.65. The molecular weight excluding hydrogens is 270 g/mol. The number of pyridine rings is 1. The first-order chi connectivity index (χ1) is 9.74. The van der Waals surface area contributed by atoms with E-state index >= 15 is 0 Å². The van der Waals surface area contributed by atoms with Crippen molar-refractivity contribution in [3.8, 4) is 0 Å². The van der Waals surface area contributed by atoms with Crippen LogP contribution in [-0.4, -0.2) is 40.2 Å². The predicted octanol–water partition coefficient (Wildman–Crippen LogP) is 1.86. The quantitative estimate of drug-likeness (QED) is 0.862. The summed E-state index contributed by atoms with van der Waals surface area (Å²) in [5, 5.41) is 0. The molecule has 2 fully saturated rings. The van der Waals surface area contributed by atoms with Crippen LogP contribution < -0.4 is 5.73 Å². The molecule has 1 aliphatic heterocycles. The third kappa shape index (κ3) is 3.00. The Labute approximate surface area is 125 Å². The van der Waals surface area contributed by atoms with Gasteiger partial charge in [-0.25, -0.2) is 0 Å². The smallest absolute Gasteiger partial charge is 0.122 e. The molecule has 1 aromatic heterocycles. The summed E-state index contributed by atoms with van der Waals surface area (Å²) in [6, 6.07) is 4.63. The van der Waals surface area contributed by atoms with Crippen LogP contribution in [0.3, 0.4) is 0 Å². The van der Waals surface area contributed by atoms with Gasteiger partial charge in [0.1, 0.15) is 4.99 Å². The molecule has 2 atom stereocenters. The van der Waals surface area contributed by atoms with Gasteiger partial charge in [0, 0.05) is 25.3 Å². The van der Waals surface area contributed by atoms with Crippen LogP contribution in [0.5, 0.6) is 0 Å². The Bertz CT molecular complexity index is 492. The molecular formula is C15H21N3OS. The van der Waals surface area contributed by atoms with Gasteiger partial charge in [0.05, 0.1) is 18.4 Å². The summed E-state index contributed by atoms with van der Waals surface area (Å²) in [6.07, 6.45) is 7.29. The topological polar surface area (TPSA) is 51.4 Å². The van der Waals surface area contributed by atoms with Gasteiger partial charge in [-0.3, -0.25) is 9.88 Å². The van der Waals surface area contributed by atoms with Gasteiger partial charge < -0.3 is 10.5 Å². The van der Waals surface area contributed by atoms with Gasteiger partial charge >= 0.3 is 0 Å². The van der Waals surface area contributed by atoms with Crippen molar-refractivity contribution in [2.75, 3.05) is 13.2 Å². The lowest BCUT2D eigenvalue weighted by Gasteiger charge is -2.43. The minimum atomic E-state index is 0.365. The van der Waals surface area contributed by atoms with Crippen molar-refractivity contribution in [2.45, 2.75) is 44.4 Å². The van der Waals surface area contributed by atoms with E-state index in [1.807, 2.05) is 6.07 Å². The Kier molecular flexibility index (Phi) is 4.29. The largest absolute Gasteiger partial charge is 0.388 e. The molecule has 108 valence electrons. The second-order valence-corrected chi connectivity index (χ2v) is 6.08. The monoisotopic (exact) mass is 291 g/mol. The molecule has 20 heavy (non-hydrogen) atoms. The van der Waals surface area contributed by atoms with Gasteiger partial charge in [0.2, 0.25) is 0 Å². The maximum Gasteiger partial charge on any atom is 0.122 e. The lowest BCUT2D eigenvalue weighted by atomic mass is 9.90. The van der Waals surface area contributed by atoms with E-state index in [-0.39, 0.29) is 0 Å². The number of hydrogen-bond acceptors (Lipinski definition) is 4. The normalized spacial score (nSPS) is 27.0. The first-order valence-corrected chi connectivity index (χ1v) is 7.75. The van der Waals surface area contributed by atoms with Crippen molar-refractivity contribution in [1.29, 1.82) is 0 Å². The minimum Gasteiger partial charge on any atom is -0.388 e. The standard InChI is InChI=1S/C15H21N3OS/c16-15(20)12-9-11(5-6-17-12)10-18-7-8-19-14-4-2-1-3-13(14)18/h5-6,9,13-14H,1-4,7-8,10H2,(H2,16,20). The van der Waals surface area contributed by atoms with E-state index in [1.54, 1.807) is 6.20 Å². The van der Waals surface area contributed by atoms with Gasteiger partial charge in [-0.05, 0) is 30.5 Å². The van der Waals surface area contributed by atoms with Crippen LogP contribution in [0.15, 0.2) is 18.3 Å². The SMILES string of the molecule is NC(=S)c1cc(CN2CCOC3CCCCC32)ccn1. The number of ether oxygens (including phenoxy) is 1. The number of morpholine rings is 1. The summed E-state index contributed by atoms with van der Waals surface area (Å²) in [6.45, 7) is 2.78. The summed E-state index contributed by atoms with van der Waals surface area (Å²) < 4.78 is 5.92. The highest BCUT2D eigenvalue weighted by atomic mass is 32.1. The van der Waals surface area contributed by atoms with Crippen LogP contribution in [0, 0.1) is 0 Å². The lowest BCUT2D eigenvalue weighted by molar-refractivity contribution is -0.0911. The van der Waals surface area contributed by atoms with Crippen LogP contribution in [0.1, 0.15) is 36.9 Å². The van der Waals surface area contributed by atoms with Crippen molar-refractivity contribution in [3.63, 3.8) is 0 Å². The fraction of sp³-hybridized carbons (Fsp3) is 0.600. The summed E-state index contributed by atoms with van der Waals surface area (Å²) in [7, 11) is 0. The summed E-state index contributed by atoms with van der Waals surface area (Å²) >= 11 is 5.00. The van der Waals surface area contributed by atoms with Crippen LogP contribution in [0.2, 0.25) is 0 Å². The van der Waals surface area contributed by atoms with E-state index in [1.165, 1.54) is 31.2 Å². The fourth-order valence-electron chi connectivity index (χ4n) is 3.31. The van der Waals surface area contributed by atoms with Crippen molar-refractivity contribution in [1.82, 2.24) is 9.88 Å². The van der Waals surface area contributed by atoms with Crippen LogP contribution in [-0.2, 0) is 11.3 Å². The highest BCUT2D eigenvalue weighted by Gasteiger charge is 2.33. The maximum absolute atomic E-state index is 5.92. The molecule has 0 spiro atoms. The molecule has 2 aliphatic rings. The maximum atomic E-state index is 5.92. The molecule has 2 unspecified atom stereocenters. The average Bonchev–Trinajstić information content (AvgIpc) is 2.48. The van der Waals surface area contributed by atoms with E-state index in [4.69, 9.17) is 22.7 Å². The first kappa shape index (κ1) is 13.9. The Hall–Kier alpha value is -1.04. The molecule has 0 aromatic carbocycles. The highest BCUT2D eigenvalue weighted by Crippen LogP contribution is 2.29. The molecule has 2 heterocycles. The molecule has 0 amide bonds. The molecule has 0 radical (unpaired) electrons. The number of aromatic nitrogens is 1. The summed E-state index contributed by atoms with van der Waals surface area (Å²) in [4.78, 5) is 7.12. The zero-order valence-electron chi connectivity index (χ0n) is 11.6. The zero-order chi connectivity index (χ0) is 13.9. The Morgan fingerprint density at radius 3 is 3.15 bits per heavy atom. The van der Waals surface area contributed by atoms with E-state index in [2.05, 4.69) is 16.0 Å². The van der Waals surface area contributed by atoms with Crippen LogP contribution in [0.25, 0.3) is 0 Å². The van der Waals surface area contributed by atoms with E-state index in [0.717, 1.165) is 19.7 Å². The van der Waals surface area contributed by atoms with E-state index in [0.29, 0.717) is 22.8 Å². The van der Waals surface area contributed by atoms with E-state index < -0.39 is 0 Å². The molecule has 1 aromatic rings. The number of rotatable bonds is 3. The Morgan fingerprint density at radius 2 is 2.30 bits per heavy atom. The third-order valence-corrected chi connectivity index (χ3v) is 4.52. The number of nitrogens with two attached hydrogens (primary N) is 1. The van der Waals surface area contributed by atoms with Gasteiger partial charge in [-0.15, -0.1) is 0 Å². The van der Waals surface area contributed by atoms with Gasteiger partial charge in [0.25, 0.3) is 0 Å². The average molecular weight is 291 g/mol. The number of hydrogen-bond donors (Lipinski definition) is 1. The number of fused-ring (bicyclic) bond motifs is 1. The van der Waals surface area contributed by atoms with Gasteiger partial charge in [-0.1, -0.05) is 25.1 Å². The van der Waals surface area contributed by atoms with Crippen molar-refractivity contribution >= 4 is 17.2 Å². The third-order valence-electron chi connectivity index (χ3n) is 4.31. The zero-order valence-corrected chi connectivity index (χ0v) is 12.4. The van der Waals surface area contributed by atoms with E-state index in [9.17, 15) is 0 Å². The molecule has 1 saturated carbocycles. The van der Waals surface area contributed by atoms with Crippen LogP contribution >= 0.6 is 12.2 Å². The molecule has 0 bridgehead atoms. The van der Waals surface area contributed by atoms with Crippen molar-refractivity contribution in [3.05, 3.63) is 29.6 Å².